The molecule has 0 saturated heterocycles. The molecule has 1 fully saturated rings. The smallest absolute Gasteiger partial charge is 0.250 e. The summed E-state index contributed by atoms with van der Waals surface area (Å²) in [7, 11) is -3.68. The fourth-order valence-corrected chi connectivity index (χ4v) is 5.21. The third-order valence-corrected chi connectivity index (χ3v) is 7.10. The van der Waals surface area contributed by atoms with Crippen molar-refractivity contribution >= 4 is 38.9 Å². The van der Waals surface area contributed by atoms with E-state index < -0.39 is 10.0 Å². The van der Waals surface area contributed by atoms with E-state index in [1.54, 1.807) is 0 Å². The van der Waals surface area contributed by atoms with Gasteiger partial charge in [0, 0.05) is 19.1 Å². The zero-order chi connectivity index (χ0) is 17.4. The van der Waals surface area contributed by atoms with Gasteiger partial charge >= 0.3 is 0 Å². The number of amides is 1. The summed E-state index contributed by atoms with van der Waals surface area (Å²) in [4.78, 5) is 11.7. The Bertz CT molecular complexity index is 626. The van der Waals surface area contributed by atoms with Crippen molar-refractivity contribution in [3.63, 3.8) is 0 Å². The second-order valence-electron chi connectivity index (χ2n) is 5.88. The van der Waals surface area contributed by atoms with E-state index in [2.05, 4.69) is 15.4 Å². The molecule has 9 heteroatoms. The first-order valence-corrected chi connectivity index (χ1v) is 10.9. The lowest BCUT2D eigenvalue weighted by atomic mass is 10.1. The van der Waals surface area contributed by atoms with Crippen molar-refractivity contribution in [3.8, 4) is 0 Å². The molecule has 1 aliphatic carbocycles. The average Bonchev–Trinajstić information content (AvgIpc) is 2.83. The molecular weight excluding hydrogens is 370 g/mol. The van der Waals surface area contributed by atoms with Crippen LogP contribution in [0.2, 0.25) is 4.34 Å². The Hall–Kier alpha value is -0.670. The lowest BCUT2D eigenvalue weighted by Gasteiger charge is -2.16. The molecule has 0 aromatic carbocycles. The zero-order valence-corrected chi connectivity index (χ0v) is 15.9. The third kappa shape index (κ3) is 6.68. The maximum atomic E-state index is 12.0. The quantitative estimate of drug-likeness (QED) is 0.466. The molecule has 1 aromatic rings. The summed E-state index contributed by atoms with van der Waals surface area (Å²) in [6.45, 7) is 0.910. The second kappa shape index (κ2) is 9.72. The van der Waals surface area contributed by atoms with E-state index in [0.717, 1.165) is 11.3 Å². The number of hydrogen-bond donors (Lipinski definition) is 3. The van der Waals surface area contributed by atoms with Crippen LogP contribution in [0.4, 0.5) is 0 Å². The summed E-state index contributed by atoms with van der Waals surface area (Å²) < 4.78 is 26.7. The van der Waals surface area contributed by atoms with Crippen LogP contribution in [0, 0.1) is 0 Å². The minimum Gasteiger partial charge on any atom is -0.354 e. The first-order chi connectivity index (χ1) is 11.5. The van der Waals surface area contributed by atoms with Gasteiger partial charge in [-0.2, -0.15) is 0 Å². The normalized spacial score (nSPS) is 16.7. The molecule has 1 aromatic heterocycles. The monoisotopic (exact) mass is 393 g/mol. The van der Waals surface area contributed by atoms with E-state index >= 15 is 0 Å². The van der Waals surface area contributed by atoms with E-state index in [1.807, 2.05) is 0 Å². The number of rotatable bonds is 8. The molecule has 1 heterocycles. The Labute approximate surface area is 152 Å². The van der Waals surface area contributed by atoms with Gasteiger partial charge in [-0.3, -0.25) is 4.79 Å². The summed E-state index contributed by atoms with van der Waals surface area (Å²) in [5.74, 6) is -0.344. The van der Waals surface area contributed by atoms with E-state index in [0.29, 0.717) is 23.5 Å². The number of carbonyl (C=O) groups is 1. The van der Waals surface area contributed by atoms with Gasteiger partial charge in [-0.15, -0.1) is 11.3 Å². The van der Waals surface area contributed by atoms with Gasteiger partial charge in [0.25, 0.3) is 10.0 Å². The largest absolute Gasteiger partial charge is 0.354 e. The fraction of sp³-hybridized carbons (Fsp3) is 0.667. The molecule has 0 atom stereocenters. The summed E-state index contributed by atoms with van der Waals surface area (Å²) in [6, 6.07) is 3.47. The van der Waals surface area contributed by atoms with Crippen molar-refractivity contribution in [1.82, 2.24) is 15.4 Å². The van der Waals surface area contributed by atoms with Crippen LogP contribution in [0.15, 0.2) is 16.3 Å². The summed E-state index contributed by atoms with van der Waals surface area (Å²) in [6.07, 6.45) is 7.53. The maximum Gasteiger partial charge on any atom is 0.250 e. The molecule has 136 valence electrons. The Morgan fingerprint density at radius 1 is 1.17 bits per heavy atom. The molecule has 6 nitrogen and oxygen atoms in total. The first kappa shape index (κ1) is 19.7. The van der Waals surface area contributed by atoms with Gasteiger partial charge in [0.15, 0.2) is 0 Å². The van der Waals surface area contributed by atoms with Gasteiger partial charge in [0.2, 0.25) is 5.91 Å². The van der Waals surface area contributed by atoms with Crippen LogP contribution in [0.5, 0.6) is 0 Å². The molecular formula is C15H24ClN3O3S2. The highest BCUT2D eigenvalue weighted by Crippen LogP contribution is 2.25. The Morgan fingerprint density at radius 2 is 1.88 bits per heavy atom. The number of hydrogen-bond acceptors (Lipinski definition) is 5. The van der Waals surface area contributed by atoms with Crippen molar-refractivity contribution in [3.05, 3.63) is 16.5 Å². The maximum absolute atomic E-state index is 12.0. The van der Waals surface area contributed by atoms with Crippen molar-refractivity contribution in [2.45, 2.75) is 48.8 Å². The molecule has 2 rings (SSSR count). The van der Waals surface area contributed by atoms with Crippen LogP contribution < -0.4 is 15.4 Å². The summed E-state index contributed by atoms with van der Waals surface area (Å²) in [5, 5.41) is 6.17. The Kier molecular flexibility index (Phi) is 7.96. The molecule has 0 bridgehead atoms. The van der Waals surface area contributed by atoms with Gasteiger partial charge in [-0.25, -0.2) is 13.1 Å². The van der Waals surface area contributed by atoms with Crippen LogP contribution in [-0.4, -0.2) is 40.0 Å². The van der Waals surface area contributed by atoms with Crippen LogP contribution in [0.25, 0.3) is 0 Å². The number of sulfonamides is 1. The van der Waals surface area contributed by atoms with E-state index in [4.69, 9.17) is 11.6 Å². The lowest BCUT2D eigenvalue weighted by molar-refractivity contribution is -0.119. The zero-order valence-electron chi connectivity index (χ0n) is 13.5. The molecule has 3 N–H and O–H groups in total. The van der Waals surface area contributed by atoms with Crippen LogP contribution in [0.3, 0.4) is 0 Å². The molecule has 1 saturated carbocycles. The first-order valence-electron chi connectivity index (χ1n) is 8.22. The predicted molar refractivity (Wildman–Crippen MR) is 97.0 cm³/mol. The van der Waals surface area contributed by atoms with E-state index in [-0.39, 0.29) is 16.7 Å². The van der Waals surface area contributed by atoms with Gasteiger partial charge in [0.1, 0.15) is 4.21 Å². The summed E-state index contributed by atoms with van der Waals surface area (Å²) >= 11 is 6.69. The number of thiophene rings is 1. The van der Waals surface area contributed by atoms with Crippen molar-refractivity contribution < 1.29 is 13.2 Å². The fourth-order valence-electron chi connectivity index (χ4n) is 2.70. The molecule has 24 heavy (non-hydrogen) atoms. The third-order valence-electron chi connectivity index (χ3n) is 3.97. The molecule has 0 spiro atoms. The molecule has 0 unspecified atom stereocenters. The highest BCUT2D eigenvalue weighted by atomic mass is 35.5. The van der Waals surface area contributed by atoms with E-state index in [9.17, 15) is 13.2 Å². The van der Waals surface area contributed by atoms with Crippen molar-refractivity contribution in [2.24, 2.45) is 0 Å². The molecule has 0 radical (unpaired) electrons. The van der Waals surface area contributed by atoms with Gasteiger partial charge < -0.3 is 10.6 Å². The van der Waals surface area contributed by atoms with Crippen molar-refractivity contribution in [1.29, 1.82) is 0 Å². The SMILES string of the molecule is O=C(CNS(=O)(=O)c1ccc(Cl)s1)NCCNC1CCCCCC1. The number of nitrogens with one attached hydrogen (secondary N) is 3. The second-order valence-corrected chi connectivity index (χ2v) is 9.58. The highest BCUT2D eigenvalue weighted by Gasteiger charge is 2.17. The van der Waals surface area contributed by atoms with Gasteiger partial charge in [-0.1, -0.05) is 37.3 Å². The van der Waals surface area contributed by atoms with Crippen LogP contribution in [-0.2, 0) is 14.8 Å². The molecule has 1 amide bonds. The molecule has 1 aliphatic rings. The topological polar surface area (TPSA) is 87.3 Å². The minimum atomic E-state index is -3.68. The number of carbonyl (C=O) groups excluding carboxylic acids is 1. The van der Waals surface area contributed by atoms with Gasteiger partial charge in [0.05, 0.1) is 10.9 Å². The predicted octanol–water partition coefficient (Wildman–Crippen LogP) is 2.11. The van der Waals surface area contributed by atoms with E-state index in [1.165, 1.54) is 50.7 Å². The van der Waals surface area contributed by atoms with Crippen LogP contribution in [0.1, 0.15) is 38.5 Å². The Morgan fingerprint density at radius 3 is 2.50 bits per heavy atom. The van der Waals surface area contributed by atoms with Crippen LogP contribution >= 0.6 is 22.9 Å². The van der Waals surface area contributed by atoms with Gasteiger partial charge in [-0.05, 0) is 25.0 Å². The standard InChI is InChI=1S/C15H24ClN3O3S2/c16-13-7-8-15(23-13)24(21,22)19-11-14(20)18-10-9-17-12-5-3-1-2-4-6-12/h7-8,12,17,19H,1-6,9-11H2,(H,18,20). The lowest BCUT2D eigenvalue weighted by Crippen LogP contribution is -2.41. The van der Waals surface area contributed by atoms with Crippen molar-refractivity contribution in [2.75, 3.05) is 19.6 Å². The number of halogens is 1. The minimum absolute atomic E-state index is 0.107. The molecule has 0 aliphatic heterocycles. The highest BCUT2D eigenvalue weighted by molar-refractivity contribution is 7.91. The summed E-state index contributed by atoms with van der Waals surface area (Å²) in [5.41, 5.74) is 0. The average molecular weight is 394 g/mol. The Balaban J connectivity index is 1.62.